The molecular formula is C31H41N5O6S2. The minimum absolute atomic E-state index is 0.00983. The Balaban J connectivity index is 0.000000173. The smallest absolute Gasteiger partial charge is 0.320 e. The number of rotatable bonds is 8. The molecule has 3 fully saturated rings. The van der Waals surface area contributed by atoms with E-state index in [0.717, 1.165) is 50.5 Å². The van der Waals surface area contributed by atoms with Crippen molar-refractivity contribution in [2.45, 2.75) is 86.1 Å². The van der Waals surface area contributed by atoms with Crippen LogP contribution in [0.3, 0.4) is 0 Å². The molecule has 2 aromatic rings. The molecule has 3 amide bonds. The summed E-state index contributed by atoms with van der Waals surface area (Å²) in [4.78, 5) is 30.1. The van der Waals surface area contributed by atoms with Crippen LogP contribution in [0.15, 0.2) is 46.2 Å². The van der Waals surface area contributed by atoms with Gasteiger partial charge in [-0.15, -0.1) is 0 Å². The quantitative estimate of drug-likeness (QED) is 0.454. The number of nitrogens with one attached hydrogen (secondary N) is 2. The maximum absolute atomic E-state index is 12.8. The lowest BCUT2D eigenvalue weighted by molar-refractivity contribution is -0.119. The highest BCUT2D eigenvalue weighted by Crippen LogP contribution is 2.38. The third-order valence-electron chi connectivity index (χ3n) is 9.33. The standard InChI is InChI=1S/C18H24N4O4S.C13H17NO2S/c1-18(6-7-18)19-27(25,26)14-4-3-13-5-8-22(15(13)11-14)16(23)12-21-10-9-20(2)17(21)24;1-13(7-8-13)14-17(15,16)12-6-5-10-3-2-4-11(10)9-12/h3-4,11,19H,5-10,12H2,1-2H3;5-6,9,14H,2-4,7-8H2,1H3. The van der Waals surface area contributed by atoms with Crippen LogP contribution in [0.25, 0.3) is 0 Å². The number of sulfonamides is 2. The molecule has 0 aromatic heterocycles. The van der Waals surface area contributed by atoms with Crippen LogP contribution >= 0.6 is 0 Å². The average molecular weight is 644 g/mol. The Morgan fingerprint density at radius 1 is 0.773 bits per heavy atom. The summed E-state index contributed by atoms with van der Waals surface area (Å²) in [6.45, 7) is 5.49. The molecule has 0 bridgehead atoms. The van der Waals surface area contributed by atoms with Gasteiger partial charge in [-0.25, -0.2) is 31.1 Å². The average Bonchev–Trinajstić information content (AvgIpc) is 3.64. The van der Waals surface area contributed by atoms with Crippen molar-refractivity contribution in [3.63, 3.8) is 0 Å². The van der Waals surface area contributed by atoms with E-state index in [1.165, 1.54) is 16.0 Å². The van der Waals surface area contributed by atoms with Gasteiger partial charge in [-0.2, -0.15) is 0 Å². The third-order valence-corrected chi connectivity index (χ3v) is 12.6. The summed E-state index contributed by atoms with van der Waals surface area (Å²) in [7, 11) is -5.24. The molecule has 5 aliphatic rings. The zero-order valence-corrected chi connectivity index (χ0v) is 27.2. The van der Waals surface area contributed by atoms with E-state index >= 15 is 0 Å². The van der Waals surface area contributed by atoms with Crippen molar-refractivity contribution >= 4 is 37.7 Å². The van der Waals surface area contributed by atoms with E-state index in [1.54, 1.807) is 41.1 Å². The Hall–Kier alpha value is -3.00. The second-order valence-corrected chi connectivity index (χ2v) is 16.7. The summed E-state index contributed by atoms with van der Waals surface area (Å²) in [6.07, 6.45) is 7.47. The fraction of sp³-hybridized carbons (Fsp3) is 0.548. The minimum atomic E-state index is -3.62. The summed E-state index contributed by atoms with van der Waals surface area (Å²) in [5.74, 6) is -0.186. The van der Waals surface area contributed by atoms with E-state index < -0.39 is 20.0 Å². The van der Waals surface area contributed by atoms with Gasteiger partial charge in [0.1, 0.15) is 6.54 Å². The number of fused-ring (bicyclic) bond motifs is 2. The lowest BCUT2D eigenvalue weighted by Gasteiger charge is -2.22. The molecule has 2 N–H and O–H groups in total. The molecule has 44 heavy (non-hydrogen) atoms. The van der Waals surface area contributed by atoms with E-state index in [2.05, 4.69) is 9.44 Å². The maximum Gasteiger partial charge on any atom is 0.320 e. The van der Waals surface area contributed by atoms with E-state index in [1.807, 2.05) is 26.0 Å². The number of aryl methyl sites for hydroxylation is 2. The molecule has 2 heterocycles. The summed E-state index contributed by atoms with van der Waals surface area (Å²) in [5, 5.41) is 0. The number of likely N-dealkylation sites (N-methyl/N-ethyl adjacent to an activating group) is 1. The van der Waals surface area contributed by atoms with Crippen LogP contribution in [0.1, 0.15) is 62.6 Å². The van der Waals surface area contributed by atoms with Gasteiger partial charge in [0, 0.05) is 43.4 Å². The molecule has 7 rings (SSSR count). The Morgan fingerprint density at radius 3 is 1.91 bits per heavy atom. The Morgan fingerprint density at radius 2 is 1.34 bits per heavy atom. The molecule has 2 aromatic carbocycles. The number of hydrogen-bond donors (Lipinski definition) is 2. The molecule has 238 valence electrons. The second kappa shape index (κ2) is 11.1. The van der Waals surface area contributed by atoms with Gasteiger partial charge in [0.2, 0.25) is 26.0 Å². The number of nitrogens with zero attached hydrogens (tertiary/aromatic N) is 3. The highest BCUT2D eigenvalue weighted by atomic mass is 32.2. The molecule has 2 aliphatic heterocycles. The fourth-order valence-corrected chi connectivity index (χ4v) is 8.95. The van der Waals surface area contributed by atoms with E-state index in [-0.39, 0.29) is 34.5 Å². The van der Waals surface area contributed by atoms with Crippen LogP contribution in [0.2, 0.25) is 0 Å². The van der Waals surface area contributed by atoms with Crippen molar-refractivity contribution in [1.82, 2.24) is 19.2 Å². The monoisotopic (exact) mass is 643 g/mol. The molecule has 0 unspecified atom stereocenters. The van der Waals surface area contributed by atoms with Crippen molar-refractivity contribution in [3.8, 4) is 0 Å². The molecule has 0 atom stereocenters. The summed E-state index contributed by atoms with van der Waals surface area (Å²) in [6, 6.07) is 10.3. The van der Waals surface area contributed by atoms with Crippen molar-refractivity contribution in [1.29, 1.82) is 0 Å². The zero-order chi connectivity index (χ0) is 31.5. The minimum Gasteiger partial charge on any atom is -0.326 e. The molecule has 2 saturated carbocycles. The van der Waals surface area contributed by atoms with Gasteiger partial charge >= 0.3 is 6.03 Å². The van der Waals surface area contributed by atoms with E-state index in [9.17, 15) is 26.4 Å². The third kappa shape index (κ3) is 6.51. The van der Waals surface area contributed by atoms with Gasteiger partial charge in [0.15, 0.2) is 0 Å². The summed E-state index contributed by atoms with van der Waals surface area (Å²) >= 11 is 0. The Labute approximate surface area is 260 Å². The lowest BCUT2D eigenvalue weighted by atomic mass is 10.1. The van der Waals surface area contributed by atoms with Gasteiger partial charge in [-0.1, -0.05) is 12.1 Å². The van der Waals surface area contributed by atoms with Gasteiger partial charge in [0.25, 0.3) is 0 Å². The van der Waals surface area contributed by atoms with Crippen LogP contribution in [-0.4, -0.2) is 82.9 Å². The topological polar surface area (TPSA) is 136 Å². The number of urea groups is 1. The van der Waals surface area contributed by atoms with E-state index in [0.29, 0.717) is 36.6 Å². The number of carbonyl (C=O) groups excluding carboxylic acids is 2. The van der Waals surface area contributed by atoms with Gasteiger partial charge in [0.05, 0.1) is 9.79 Å². The fourth-order valence-electron chi connectivity index (χ4n) is 5.95. The normalized spacial score (nSPS) is 21.1. The summed E-state index contributed by atoms with van der Waals surface area (Å²) in [5.41, 5.74) is 3.54. The molecule has 1 saturated heterocycles. The first kappa shape index (κ1) is 31.0. The van der Waals surface area contributed by atoms with E-state index in [4.69, 9.17) is 0 Å². The van der Waals surface area contributed by atoms with Crippen LogP contribution in [0.4, 0.5) is 10.5 Å². The van der Waals surface area contributed by atoms with Crippen LogP contribution < -0.4 is 14.3 Å². The number of hydrogen-bond acceptors (Lipinski definition) is 6. The number of carbonyl (C=O) groups is 2. The zero-order valence-electron chi connectivity index (χ0n) is 25.6. The van der Waals surface area contributed by atoms with Crippen molar-refractivity contribution in [2.75, 3.05) is 38.1 Å². The first-order valence-corrected chi connectivity index (χ1v) is 18.3. The second-order valence-electron chi connectivity index (χ2n) is 13.3. The predicted molar refractivity (Wildman–Crippen MR) is 166 cm³/mol. The SMILES string of the molecule is CC1(NS(=O)(=O)c2ccc3c(c2)CCC3)CC1.CN1CCN(CC(=O)N2CCc3ccc(S(=O)(=O)NC4(C)CC4)cc32)C1=O. The Kier molecular flexibility index (Phi) is 7.83. The molecular weight excluding hydrogens is 603 g/mol. The van der Waals surface area contributed by atoms with Crippen LogP contribution in [0.5, 0.6) is 0 Å². The lowest BCUT2D eigenvalue weighted by Crippen LogP contribution is -2.41. The first-order chi connectivity index (χ1) is 20.7. The highest BCUT2D eigenvalue weighted by molar-refractivity contribution is 7.89. The van der Waals surface area contributed by atoms with Crippen molar-refractivity contribution in [2.24, 2.45) is 0 Å². The van der Waals surface area contributed by atoms with Crippen LogP contribution in [0, 0.1) is 0 Å². The molecule has 0 spiro atoms. The van der Waals surface area contributed by atoms with Gasteiger partial charge in [-0.05, 0) is 106 Å². The highest BCUT2D eigenvalue weighted by Gasteiger charge is 2.42. The Bertz CT molecular complexity index is 1720. The predicted octanol–water partition coefficient (Wildman–Crippen LogP) is 2.78. The van der Waals surface area contributed by atoms with Crippen molar-refractivity contribution < 1.29 is 26.4 Å². The van der Waals surface area contributed by atoms with Crippen molar-refractivity contribution in [3.05, 3.63) is 53.1 Å². The molecule has 3 aliphatic carbocycles. The number of benzene rings is 2. The molecule has 0 radical (unpaired) electrons. The first-order valence-electron chi connectivity index (χ1n) is 15.3. The maximum atomic E-state index is 12.8. The molecule has 11 nitrogen and oxygen atoms in total. The van der Waals surface area contributed by atoms with Crippen LogP contribution in [-0.2, 0) is 44.1 Å². The number of amides is 3. The summed E-state index contributed by atoms with van der Waals surface area (Å²) < 4.78 is 55.2. The number of anilines is 1. The van der Waals surface area contributed by atoms with Gasteiger partial charge in [-0.3, -0.25) is 4.79 Å². The van der Waals surface area contributed by atoms with Gasteiger partial charge < -0.3 is 14.7 Å². The largest absolute Gasteiger partial charge is 0.326 e. The molecule has 13 heteroatoms.